The van der Waals surface area contributed by atoms with Crippen LogP contribution in [0, 0.1) is 21.4 Å². The van der Waals surface area contributed by atoms with E-state index in [4.69, 9.17) is 32.4 Å². The van der Waals surface area contributed by atoms with Gasteiger partial charge in [-0.2, -0.15) is 5.26 Å². The number of unbranched alkanes of at least 4 members (excludes halogenated alkanes) is 1. The van der Waals surface area contributed by atoms with Gasteiger partial charge in [0.1, 0.15) is 5.71 Å². The van der Waals surface area contributed by atoms with Crippen LogP contribution < -0.4 is 45.9 Å². The Hall–Kier alpha value is -9.14. The van der Waals surface area contributed by atoms with Crippen LogP contribution in [-0.4, -0.2) is 227 Å². The molecular formula is C84H122AlClLiN19O7. The maximum absolute atomic E-state index is 11.6. The fourth-order valence-corrected chi connectivity index (χ4v) is 11.2. The molecule has 0 aromatic carbocycles. The number of likely N-dealkylation sites (N-methyl/N-ethyl adjacent to an activating group) is 1. The number of carbonyl (C=O) groups excluding carboxylic acids is 3. The van der Waals surface area contributed by atoms with Crippen molar-refractivity contribution < 1.29 is 49.4 Å². The van der Waals surface area contributed by atoms with Gasteiger partial charge in [0, 0.05) is 151 Å². The Labute approximate surface area is 699 Å². The number of aliphatic hydroxyl groups is 1. The summed E-state index contributed by atoms with van der Waals surface area (Å²) in [6.07, 6.45) is 43.3. The Morgan fingerprint density at radius 3 is 1.50 bits per heavy atom. The molecule has 2 amide bonds. The average Bonchev–Trinajstić information content (AvgIpc) is 1.71. The predicted octanol–water partition coefficient (Wildman–Crippen LogP) is 7.80. The van der Waals surface area contributed by atoms with E-state index in [9.17, 15) is 24.5 Å². The van der Waals surface area contributed by atoms with Gasteiger partial charge in [0.15, 0.2) is 17.4 Å². The molecule has 0 atom stereocenters. The number of amides is 2. The van der Waals surface area contributed by atoms with Gasteiger partial charge in [-0.25, -0.2) is 0 Å². The van der Waals surface area contributed by atoms with Gasteiger partial charge >= 0.3 is 18.9 Å². The molecule has 29 heteroatoms. The number of aromatic nitrogens is 4. The van der Waals surface area contributed by atoms with Crippen molar-refractivity contribution in [2.75, 3.05) is 119 Å². The van der Waals surface area contributed by atoms with E-state index in [1.165, 1.54) is 87.4 Å². The molecule has 0 radical (unpaired) electrons. The third-order valence-corrected chi connectivity index (χ3v) is 16.7. The van der Waals surface area contributed by atoms with E-state index in [0.717, 1.165) is 148 Å². The summed E-state index contributed by atoms with van der Waals surface area (Å²) in [5, 5.41) is 37.4. The zero-order chi connectivity index (χ0) is 81.1. The van der Waals surface area contributed by atoms with Gasteiger partial charge in [-0.05, 0) is 186 Å². The third kappa shape index (κ3) is 41.5. The van der Waals surface area contributed by atoms with Crippen LogP contribution in [0.25, 0.3) is 0 Å². The molecule has 0 spiro atoms. The minimum absolute atomic E-state index is 0. The van der Waals surface area contributed by atoms with Crippen molar-refractivity contribution >= 4 is 80.3 Å². The molecule has 9 aliphatic heterocycles. The second-order valence-corrected chi connectivity index (χ2v) is 25.4. The van der Waals surface area contributed by atoms with Crippen molar-refractivity contribution in [2.45, 2.75) is 132 Å². The molecule has 1 saturated heterocycles. The summed E-state index contributed by atoms with van der Waals surface area (Å²) in [6.45, 7) is 30.8. The summed E-state index contributed by atoms with van der Waals surface area (Å²) in [5.74, 6) is 0.120. The first kappa shape index (κ1) is 102. The third-order valence-electron chi connectivity index (χ3n) is 16.6. The fourth-order valence-electron chi connectivity index (χ4n) is 11.0. The van der Waals surface area contributed by atoms with Gasteiger partial charge in [0.05, 0.1) is 102 Å². The van der Waals surface area contributed by atoms with Gasteiger partial charge < -0.3 is 48.1 Å². The summed E-state index contributed by atoms with van der Waals surface area (Å²) in [7, 11) is 3.18. The molecule has 113 heavy (non-hydrogen) atoms. The number of nitro groups is 1. The number of nitrogens with two attached hydrogens (primary N) is 1. The molecule has 7 N–H and O–H groups in total. The van der Waals surface area contributed by atoms with Crippen molar-refractivity contribution in [3.8, 4) is 6.07 Å². The molecule has 4 aromatic heterocycles. The number of nitrogens with one attached hydrogen (secondary N) is 4. The van der Waals surface area contributed by atoms with E-state index in [0.29, 0.717) is 56.7 Å². The summed E-state index contributed by atoms with van der Waals surface area (Å²) >= 11 is 4.94. The number of aliphatic imine (C=N–C) groups is 6. The molecule has 9 aliphatic rings. The first-order chi connectivity index (χ1) is 54.1. The number of halogens is 1. The number of nitriles is 1. The Kier molecular flexibility index (Phi) is 57.9. The second kappa shape index (κ2) is 64.3. The molecule has 13 heterocycles. The first-order valence-electron chi connectivity index (χ1n) is 38.4. The van der Waals surface area contributed by atoms with Crippen LogP contribution in [-0.2, 0) is 19.1 Å². The molecule has 0 saturated carbocycles. The number of carbonyl (C=O) groups is 3. The maximum Gasteiger partial charge on any atom is 1.00 e. The first-order valence-corrected chi connectivity index (χ1v) is 38.8. The number of hydrogen-bond acceptors (Lipinski definition) is 23. The molecule has 13 rings (SSSR count). The van der Waals surface area contributed by atoms with Gasteiger partial charge in [0.25, 0.3) is 5.70 Å². The number of aliphatic hydroxyl groups excluding tert-OH is 1. The average molecular weight is 1580 g/mol. The van der Waals surface area contributed by atoms with E-state index in [-0.39, 0.29) is 60.4 Å². The van der Waals surface area contributed by atoms with E-state index >= 15 is 0 Å². The minimum Gasteiger partial charge on any atom is -1.00 e. The van der Waals surface area contributed by atoms with Crippen LogP contribution in [0.2, 0.25) is 0 Å². The monoisotopic (exact) mass is 1580 g/mol. The van der Waals surface area contributed by atoms with E-state index in [1.54, 1.807) is 61.6 Å². The van der Waals surface area contributed by atoms with Crippen molar-refractivity contribution in [3.05, 3.63) is 225 Å². The Balaban J connectivity index is 0.00000127. The van der Waals surface area contributed by atoms with Crippen molar-refractivity contribution in [1.82, 2.24) is 51.0 Å². The number of pyridine rings is 4. The number of allylic oxidation sites excluding steroid dienone is 6. The zero-order valence-electron chi connectivity index (χ0n) is 68.8. The van der Waals surface area contributed by atoms with Crippen LogP contribution >= 0.6 is 11.6 Å². The van der Waals surface area contributed by atoms with Crippen molar-refractivity contribution in [2.24, 2.45) is 35.7 Å². The molecule has 0 bridgehead atoms. The molecule has 4 aromatic rings. The van der Waals surface area contributed by atoms with Gasteiger partial charge in [-0.3, -0.25) is 74.4 Å². The molecule has 0 aliphatic carbocycles. The van der Waals surface area contributed by atoms with Gasteiger partial charge in [-0.15, -0.1) is 0 Å². The Bertz CT molecular complexity index is 3940. The maximum atomic E-state index is 11.6. The summed E-state index contributed by atoms with van der Waals surface area (Å²) in [4.78, 5) is 89.9. The Morgan fingerprint density at radius 1 is 0.637 bits per heavy atom. The fraction of sp³-hybridized carbons (Fsp3) is 0.452. The number of ether oxygens (including phenoxy) is 1. The smallest absolute Gasteiger partial charge is 1.00 e. The van der Waals surface area contributed by atoms with Gasteiger partial charge in [-0.1, -0.05) is 73.1 Å². The van der Waals surface area contributed by atoms with E-state index < -0.39 is 4.92 Å². The largest absolute Gasteiger partial charge is 1.00 e. The molecule has 26 nitrogen and oxygen atoms in total. The summed E-state index contributed by atoms with van der Waals surface area (Å²) < 4.78 is 4.94. The minimum atomic E-state index is -0.418. The molecule has 606 valence electrons. The SMILES string of the molecule is C1=CC(c2cccnc2)=NC1.C1CCOC1.CC#N.CCCC(=O)Cl.CCCC(=O)NC1=CCN=C1C1=CCCNC1.CCCC(=O)NC1=CCN=C1c1cccnc1.CCCCNC1=CCN=C1C1=CCCN(C)C1.CCN(CC)CC.CO.NC1=CCN=C1c1cccnc1.O=[N+]([O-])C1=CCN=C1c1cccnc1.[AlH3].[H-].[Li+]. The molecule has 1 fully saturated rings. The standard InChI is InChI=1S/C14H23N3.C13H19N3O.C13H15N3O.C9H7N3O2.C9H9N3.C9H8N2.C6H15N.C4H7ClO.C4H8O.C2H3N.CH4O.Al.Li.4H/c1-3-4-8-15-13-7-9-16-14(13)12-6-5-10-17(2)11-12;2*1-2-4-12(17)16-11-6-8-15-13(11)10-5-3-7-14-9-10;13-12(14)8-3-5-11-9(8)7-2-1-4-10-6-7;10-8-3-5-12-9(8)7-2-1-4-11-6-7;1-3-8(7-10-5-1)9-4-2-6-11-9;1-4-7(5-2)6-3;1-2-3-4(5)6;1-2-4-5-3-1;1-2-3;1-2;;;;;;/h6-7,15H,3-5,8-11H2,1-2H3;5-6,14H,2-4,7-9H2,1H3,(H,16,17);3,5-7,9H,2,4,8H2,1H3,(H,16,17);1-4,6H,5H2;1-4,6H,5,10H2;1-5,7H,6H2;4-6H2,1-3H3;2-3H2,1H3;1-4H2;1H3;2H,1H3;;;;;;/q;;;;;;;;;;;;+1;;;;-1. The van der Waals surface area contributed by atoms with E-state index in [1.807, 2.05) is 93.7 Å². The Morgan fingerprint density at radius 2 is 1.10 bits per heavy atom. The second-order valence-electron chi connectivity index (χ2n) is 25.0. The number of rotatable bonds is 22. The summed E-state index contributed by atoms with van der Waals surface area (Å²) in [5.41, 5.74) is 21.1. The van der Waals surface area contributed by atoms with Gasteiger partial charge in [0.2, 0.25) is 17.1 Å². The van der Waals surface area contributed by atoms with Crippen molar-refractivity contribution in [3.63, 3.8) is 0 Å². The van der Waals surface area contributed by atoms with Crippen LogP contribution in [0.3, 0.4) is 0 Å². The normalized spacial score (nSPS) is 15.5. The zero-order valence-corrected chi connectivity index (χ0v) is 68.6. The van der Waals surface area contributed by atoms with Crippen LogP contribution in [0.5, 0.6) is 0 Å². The van der Waals surface area contributed by atoms with E-state index in [2.05, 4.69) is 134 Å². The van der Waals surface area contributed by atoms with Crippen LogP contribution in [0.1, 0.15) is 156 Å². The molecule has 0 unspecified atom stereocenters. The number of nitrogens with zero attached hydrogens (tertiary/aromatic N) is 14. The number of hydrogen-bond donors (Lipinski definition) is 6. The van der Waals surface area contributed by atoms with Crippen LogP contribution in [0.4, 0.5) is 0 Å². The summed E-state index contributed by atoms with van der Waals surface area (Å²) in [6, 6.07) is 16.8. The van der Waals surface area contributed by atoms with Crippen molar-refractivity contribution in [1.29, 1.82) is 5.26 Å². The molecular weight excluding hydrogens is 1460 g/mol. The predicted molar refractivity (Wildman–Crippen MR) is 462 cm³/mol. The topological polar surface area (TPSA) is 354 Å². The quantitative estimate of drug-likeness (QED) is 0.0144. The van der Waals surface area contributed by atoms with Crippen LogP contribution in [0.15, 0.2) is 222 Å².